The van der Waals surface area contributed by atoms with Crippen LogP contribution < -0.4 is 10.1 Å². The van der Waals surface area contributed by atoms with Gasteiger partial charge in [0.25, 0.3) is 0 Å². The van der Waals surface area contributed by atoms with E-state index in [0.717, 1.165) is 11.6 Å². The molecule has 1 N–H and O–H groups in total. The van der Waals surface area contributed by atoms with Crippen molar-refractivity contribution in [3.63, 3.8) is 0 Å². The van der Waals surface area contributed by atoms with Gasteiger partial charge < -0.3 is 10.1 Å². The van der Waals surface area contributed by atoms with Gasteiger partial charge >= 0.3 is 6.61 Å². The van der Waals surface area contributed by atoms with Crippen molar-refractivity contribution >= 4 is 5.69 Å². The van der Waals surface area contributed by atoms with Gasteiger partial charge in [0.1, 0.15) is 5.75 Å². The highest BCUT2D eigenvalue weighted by Gasteiger charge is 2.21. The van der Waals surface area contributed by atoms with Gasteiger partial charge in [0.05, 0.1) is 0 Å². The maximum atomic E-state index is 12.0. The van der Waals surface area contributed by atoms with Crippen LogP contribution in [0.5, 0.6) is 5.75 Å². The fourth-order valence-electron chi connectivity index (χ4n) is 2.57. The van der Waals surface area contributed by atoms with E-state index in [0.29, 0.717) is 6.04 Å². The minimum Gasteiger partial charge on any atom is -0.435 e. The van der Waals surface area contributed by atoms with Crippen LogP contribution >= 0.6 is 0 Å². The smallest absolute Gasteiger partial charge is 0.387 e. The number of benzene rings is 1. The second-order valence-electron chi connectivity index (χ2n) is 4.88. The average Bonchev–Trinajstić information content (AvgIpc) is 2.84. The van der Waals surface area contributed by atoms with Crippen molar-refractivity contribution in [2.24, 2.45) is 5.92 Å². The second kappa shape index (κ2) is 6.03. The predicted octanol–water partition coefficient (Wildman–Crippen LogP) is 4.28. The molecule has 1 aliphatic rings. The van der Waals surface area contributed by atoms with Crippen LogP contribution in [0.4, 0.5) is 14.5 Å². The van der Waals surface area contributed by atoms with Crippen molar-refractivity contribution < 1.29 is 13.5 Å². The lowest BCUT2D eigenvalue weighted by atomic mass is 9.99. The van der Waals surface area contributed by atoms with Crippen LogP contribution in [0.25, 0.3) is 0 Å². The van der Waals surface area contributed by atoms with Crippen LogP contribution in [-0.2, 0) is 0 Å². The number of ether oxygens (including phenoxy) is 1. The summed E-state index contributed by atoms with van der Waals surface area (Å²) in [5, 5.41) is 3.42. The zero-order valence-corrected chi connectivity index (χ0v) is 10.5. The van der Waals surface area contributed by atoms with Gasteiger partial charge in [0.2, 0.25) is 0 Å². The summed E-state index contributed by atoms with van der Waals surface area (Å²) >= 11 is 0. The molecule has 0 aliphatic heterocycles. The molecule has 4 heteroatoms. The number of rotatable bonds is 5. The fraction of sp³-hybridized carbons (Fsp3) is 0.571. The first kappa shape index (κ1) is 13.1. The number of anilines is 1. The van der Waals surface area contributed by atoms with E-state index < -0.39 is 6.61 Å². The van der Waals surface area contributed by atoms with Gasteiger partial charge in [-0.15, -0.1) is 0 Å². The molecule has 1 atom stereocenters. The molecule has 1 aromatic rings. The van der Waals surface area contributed by atoms with Gasteiger partial charge in [0, 0.05) is 11.7 Å². The summed E-state index contributed by atoms with van der Waals surface area (Å²) in [4.78, 5) is 0. The molecule has 0 aromatic heterocycles. The van der Waals surface area contributed by atoms with Gasteiger partial charge in [-0.1, -0.05) is 12.8 Å². The van der Waals surface area contributed by atoms with Crippen molar-refractivity contribution in [2.45, 2.75) is 45.3 Å². The third-order valence-electron chi connectivity index (χ3n) is 3.58. The minimum absolute atomic E-state index is 0.198. The highest BCUT2D eigenvalue weighted by Crippen LogP contribution is 2.29. The molecule has 1 saturated carbocycles. The average molecular weight is 255 g/mol. The molecule has 0 spiro atoms. The number of hydrogen-bond donors (Lipinski definition) is 1. The van der Waals surface area contributed by atoms with Crippen LogP contribution in [0.1, 0.15) is 32.6 Å². The summed E-state index contributed by atoms with van der Waals surface area (Å²) in [5.41, 5.74) is 0.955. The van der Waals surface area contributed by atoms with E-state index in [2.05, 4.69) is 17.0 Å². The topological polar surface area (TPSA) is 21.3 Å². The Morgan fingerprint density at radius 3 is 2.33 bits per heavy atom. The van der Waals surface area contributed by atoms with Gasteiger partial charge in [-0.3, -0.25) is 0 Å². The van der Waals surface area contributed by atoms with Crippen molar-refractivity contribution in [3.8, 4) is 5.75 Å². The standard InChI is InChI=1S/C14H19F2NO/c1-10(11-4-2-3-5-11)17-12-6-8-13(9-7-12)18-14(15)16/h6-11,14,17H,2-5H2,1H3. The van der Waals surface area contributed by atoms with Gasteiger partial charge in [-0.25, -0.2) is 0 Å². The Bertz CT molecular complexity index is 361. The highest BCUT2D eigenvalue weighted by molar-refractivity contribution is 5.47. The Balaban J connectivity index is 1.89. The van der Waals surface area contributed by atoms with Crippen LogP contribution in [-0.4, -0.2) is 12.7 Å². The molecule has 2 rings (SSSR count). The fourth-order valence-corrected chi connectivity index (χ4v) is 2.57. The highest BCUT2D eigenvalue weighted by atomic mass is 19.3. The normalized spacial score (nSPS) is 18.0. The number of alkyl halides is 2. The van der Waals surface area contributed by atoms with E-state index in [4.69, 9.17) is 0 Å². The summed E-state index contributed by atoms with van der Waals surface area (Å²) in [6.45, 7) is -0.583. The lowest BCUT2D eigenvalue weighted by molar-refractivity contribution is -0.0498. The van der Waals surface area contributed by atoms with Crippen molar-refractivity contribution in [3.05, 3.63) is 24.3 Å². The third kappa shape index (κ3) is 3.59. The first-order valence-electron chi connectivity index (χ1n) is 6.46. The molecule has 0 heterocycles. The zero-order valence-electron chi connectivity index (χ0n) is 10.5. The zero-order chi connectivity index (χ0) is 13.0. The molecule has 0 saturated heterocycles. The van der Waals surface area contributed by atoms with E-state index in [1.54, 1.807) is 24.3 Å². The van der Waals surface area contributed by atoms with Crippen LogP contribution in [0.2, 0.25) is 0 Å². The van der Waals surface area contributed by atoms with E-state index >= 15 is 0 Å². The lowest BCUT2D eigenvalue weighted by Crippen LogP contribution is -2.23. The molecule has 1 unspecified atom stereocenters. The Kier molecular flexibility index (Phi) is 4.39. The predicted molar refractivity (Wildman–Crippen MR) is 68.1 cm³/mol. The first-order valence-corrected chi connectivity index (χ1v) is 6.46. The second-order valence-corrected chi connectivity index (χ2v) is 4.88. The SMILES string of the molecule is CC(Nc1ccc(OC(F)F)cc1)C1CCCC1. The van der Waals surface area contributed by atoms with Gasteiger partial charge in [0.15, 0.2) is 0 Å². The van der Waals surface area contributed by atoms with Gasteiger partial charge in [-0.05, 0) is 49.9 Å². The van der Waals surface area contributed by atoms with Crippen LogP contribution in [0, 0.1) is 5.92 Å². The summed E-state index contributed by atoms with van der Waals surface area (Å²) < 4.78 is 28.3. The molecule has 1 aliphatic carbocycles. The van der Waals surface area contributed by atoms with E-state index in [9.17, 15) is 8.78 Å². The van der Waals surface area contributed by atoms with Crippen molar-refractivity contribution in [1.82, 2.24) is 0 Å². The molecule has 0 amide bonds. The molecule has 0 bridgehead atoms. The summed E-state index contributed by atoms with van der Waals surface area (Å²) in [6, 6.07) is 7.12. The molecule has 100 valence electrons. The lowest BCUT2D eigenvalue weighted by Gasteiger charge is -2.21. The minimum atomic E-state index is -2.76. The summed E-state index contributed by atoms with van der Waals surface area (Å²) in [6.07, 6.45) is 5.19. The van der Waals surface area contributed by atoms with Crippen LogP contribution in [0.3, 0.4) is 0 Å². The van der Waals surface area contributed by atoms with E-state index in [1.807, 2.05) is 0 Å². The number of nitrogens with one attached hydrogen (secondary N) is 1. The first-order chi connectivity index (χ1) is 8.65. The maximum absolute atomic E-state index is 12.0. The van der Waals surface area contributed by atoms with E-state index in [1.165, 1.54) is 25.7 Å². The largest absolute Gasteiger partial charge is 0.435 e. The Hall–Kier alpha value is -1.32. The Labute approximate surface area is 106 Å². The quantitative estimate of drug-likeness (QED) is 0.848. The molecule has 0 radical (unpaired) electrons. The van der Waals surface area contributed by atoms with Crippen molar-refractivity contribution in [1.29, 1.82) is 0 Å². The van der Waals surface area contributed by atoms with Crippen molar-refractivity contribution in [2.75, 3.05) is 5.32 Å². The van der Waals surface area contributed by atoms with Crippen LogP contribution in [0.15, 0.2) is 24.3 Å². The summed E-state index contributed by atoms with van der Waals surface area (Å²) in [5.74, 6) is 0.922. The molecule has 2 nitrogen and oxygen atoms in total. The number of halogens is 2. The maximum Gasteiger partial charge on any atom is 0.387 e. The van der Waals surface area contributed by atoms with Gasteiger partial charge in [-0.2, -0.15) is 8.78 Å². The Morgan fingerprint density at radius 2 is 1.78 bits per heavy atom. The third-order valence-corrected chi connectivity index (χ3v) is 3.58. The summed E-state index contributed by atoms with van der Waals surface area (Å²) in [7, 11) is 0. The molecule has 1 fully saturated rings. The molecule has 18 heavy (non-hydrogen) atoms. The Morgan fingerprint density at radius 1 is 1.17 bits per heavy atom. The number of hydrogen-bond acceptors (Lipinski definition) is 2. The molecule has 1 aromatic carbocycles. The molecular weight excluding hydrogens is 236 g/mol. The monoisotopic (exact) mass is 255 g/mol. The molecular formula is C14H19F2NO. The van der Waals surface area contributed by atoms with E-state index in [-0.39, 0.29) is 5.75 Å².